The van der Waals surface area contributed by atoms with E-state index in [-0.39, 0.29) is 36.6 Å². The fourth-order valence-electron chi connectivity index (χ4n) is 5.39. The Kier molecular flexibility index (Phi) is 9.05. The standard InChI is InChI=1S/C30H36N6O4/c37-27-18-22-11-13-25(14-12-22)40-16-15-36-20-24(34-35-36)19-31-29(38)26(17-21-7-3-1-4-8-21)32-30(39)28(33-27)23-9-5-2-6-10-23/h1,3-4,7-8,11-14,20,23,26,28H,2,5-6,9-10,15-19H2,(H,31,38)(H,32,39)(H,33,37)/t26-,28+/m1/s1. The highest BCUT2D eigenvalue weighted by atomic mass is 16.5. The van der Waals surface area contributed by atoms with Crippen LogP contribution in [0.3, 0.4) is 0 Å². The first-order valence-electron chi connectivity index (χ1n) is 14.1. The van der Waals surface area contributed by atoms with Gasteiger partial charge in [0.15, 0.2) is 0 Å². The predicted octanol–water partition coefficient (Wildman–Crippen LogP) is 2.32. The van der Waals surface area contributed by atoms with E-state index in [1.807, 2.05) is 54.6 Å². The Morgan fingerprint density at radius 1 is 0.900 bits per heavy atom. The Bertz CT molecular complexity index is 1290. The molecule has 4 bridgehead atoms. The molecule has 0 saturated heterocycles. The second kappa shape index (κ2) is 13.2. The van der Waals surface area contributed by atoms with Gasteiger partial charge in [0.25, 0.3) is 0 Å². The fraction of sp³-hybridized carbons (Fsp3) is 0.433. The van der Waals surface area contributed by atoms with Crippen molar-refractivity contribution in [3.63, 3.8) is 0 Å². The maximum Gasteiger partial charge on any atom is 0.243 e. The summed E-state index contributed by atoms with van der Waals surface area (Å²) in [5.41, 5.74) is 2.35. The van der Waals surface area contributed by atoms with E-state index in [0.29, 0.717) is 31.0 Å². The van der Waals surface area contributed by atoms with E-state index in [1.54, 1.807) is 10.9 Å². The molecule has 210 valence electrons. The Hall–Kier alpha value is -4.21. The van der Waals surface area contributed by atoms with Crippen molar-refractivity contribution in [1.82, 2.24) is 30.9 Å². The summed E-state index contributed by atoms with van der Waals surface area (Å²) in [6, 6.07) is 15.4. The number of nitrogens with zero attached hydrogens (tertiary/aromatic N) is 3. The topological polar surface area (TPSA) is 127 Å². The molecule has 2 aliphatic heterocycles. The Labute approximate surface area is 233 Å². The van der Waals surface area contributed by atoms with Gasteiger partial charge in [-0.15, -0.1) is 5.10 Å². The first kappa shape index (κ1) is 27.4. The van der Waals surface area contributed by atoms with Gasteiger partial charge >= 0.3 is 0 Å². The molecule has 10 nitrogen and oxygen atoms in total. The van der Waals surface area contributed by atoms with Gasteiger partial charge in [0.2, 0.25) is 17.7 Å². The number of rotatable bonds is 3. The van der Waals surface area contributed by atoms with Gasteiger partial charge in [-0.2, -0.15) is 0 Å². The molecule has 0 unspecified atom stereocenters. The quantitative estimate of drug-likeness (QED) is 0.435. The molecule has 3 aromatic rings. The largest absolute Gasteiger partial charge is 0.492 e. The van der Waals surface area contributed by atoms with E-state index in [0.717, 1.165) is 43.2 Å². The van der Waals surface area contributed by atoms with Gasteiger partial charge in [-0.1, -0.05) is 66.9 Å². The highest BCUT2D eigenvalue weighted by Gasteiger charge is 2.33. The van der Waals surface area contributed by atoms with Gasteiger partial charge in [0.1, 0.15) is 30.1 Å². The van der Waals surface area contributed by atoms with E-state index in [9.17, 15) is 14.4 Å². The van der Waals surface area contributed by atoms with Crippen LogP contribution in [0.15, 0.2) is 60.8 Å². The van der Waals surface area contributed by atoms with Crippen molar-refractivity contribution < 1.29 is 19.1 Å². The van der Waals surface area contributed by atoms with Gasteiger partial charge in [-0.05, 0) is 42.0 Å². The van der Waals surface area contributed by atoms with Gasteiger partial charge in [0, 0.05) is 6.42 Å². The number of aromatic nitrogens is 3. The summed E-state index contributed by atoms with van der Waals surface area (Å²) in [5, 5.41) is 17.2. The lowest BCUT2D eigenvalue weighted by Gasteiger charge is -2.31. The smallest absolute Gasteiger partial charge is 0.243 e. The molecule has 2 aromatic carbocycles. The van der Waals surface area contributed by atoms with E-state index in [4.69, 9.17) is 4.74 Å². The van der Waals surface area contributed by atoms with Crippen molar-refractivity contribution in [3.8, 4) is 5.75 Å². The van der Waals surface area contributed by atoms with Gasteiger partial charge in [-0.3, -0.25) is 14.4 Å². The molecule has 6 rings (SSSR count). The van der Waals surface area contributed by atoms with Crippen molar-refractivity contribution in [2.45, 2.75) is 70.1 Å². The first-order valence-corrected chi connectivity index (χ1v) is 14.1. The normalized spacial score (nSPS) is 21.6. The first-order chi connectivity index (χ1) is 19.5. The lowest BCUT2D eigenvalue weighted by molar-refractivity contribution is -0.133. The summed E-state index contributed by atoms with van der Waals surface area (Å²) in [5.74, 6) is -0.174. The van der Waals surface area contributed by atoms with Crippen LogP contribution in [0, 0.1) is 5.92 Å². The molecule has 3 aliphatic rings. The zero-order valence-corrected chi connectivity index (χ0v) is 22.6. The minimum absolute atomic E-state index is 0.0156. The van der Waals surface area contributed by atoms with Crippen LogP contribution in [0.5, 0.6) is 5.75 Å². The van der Waals surface area contributed by atoms with Crippen LogP contribution in [0.4, 0.5) is 0 Å². The molecule has 1 saturated carbocycles. The van der Waals surface area contributed by atoms with Gasteiger partial charge in [-0.25, -0.2) is 4.68 Å². The van der Waals surface area contributed by atoms with E-state index < -0.39 is 12.1 Å². The van der Waals surface area contributed by atoms with Gasteiger partial charge in [0.05, 0.1) is 25.7 Å². The third-order valence-corrected chi connectivity index (χ3v) is 7.54. The molecule has 10 heteroatoms. The maximum atomic E-state index is 13.8. The molecule has 0 radical (unpaired) electrons. The minimum atomic E-state index is -0.820. The second-order valence-electron chi connectivity index (χ2n) is 10.6. The number of carbonyl (C=O) groups is 3. The predicted molar refractivity (Wildman–Crippen MR) is 148 cm³/mol. The van der Waals surface area contributed by atoms with E-state index in [1.165, 1.54) is 0 Å². The molecule has 3 heterocycles. The molecule has 0 spiro atoms. The Morgan fingerprint density at radius 3 is 2.45 bits per heavy atom. The van der Waals surface area contributed by atoms with Crippen LogP contribution < -0.4 is 20.7 Å². The monoisotopic (exact) mass is 544 g/mol. The highest BCUT2D eigenvalue weighted by Crippen LogP contribution is 2.27. The molecule has 3 N–H and O–H groups in total. The second-order valence-corrected chi connectivity index (χ2v) is 10.6. The molecule has 1 fully saturated rings. The van der Waals surface area contributed by atoms with Crippen molar-refractivity contribution >= 4 is 17.7 Å². The minimum Gasteiger partial charge on any atom is -0.492 e. The molecule has 1 aromatic heterocycles. The number of hydrogen-bond donors (Lipinski definition) is 3. The molecular weight excluding hydrogens is 508 g/mol. The average molecular weight is 545 g/mol. The third kappa shape index (κ3) is 7.46. The number of benzene rings is 2. The summed E-state index contributed by atoms with van der Waals surface area (Å²) < 4.78 is 7.48. The van der Waals surface area contributed by atoms with Crippen LogP contribution in [-0.4, -0.2) is 51.4 Å². The molecule has 2 atom stereocenters. The summed E-state index contributed by atoms with van der Waals surface area (Å²) in [6.45, 7) is 1.05. The highest BCUT2D eigenvalue weighted by molar-refractivity contribution is 5.92. The molecule has 1 aliphatic carbocycles. The number of ether oxygens (including phenoxy) is 1. The number of carbonyl (C=O) groups excluding carboxylic acids is 3. The van der Waals surface area contributed by atoms with Crippen molar-refractivity contribution in [2.24, 2.45) is 5.92 Å². The third-order valence-electron chi connectivity index (χ3n) is 7.54. The number of nitrogens with one attached hydrogen (secondary N) is 3. The lowest BCUT2D eigenvalue weighted by Crippen LogP contribution is -2.57. The molecular formula is C30H36N6O4. The zero-order chi connectivity index (χ0) is 27.7. The Morgan fingerprint density at radius 2 is 1.68 bits per heavy atom. The van der Waals surface area contributed by atoms with Crippen molar-refractivity contribution in [2.75, 3.05) is 6.61 Å². The van der Waals surface area contributed by atoms with Crippen LogP contribution in [0.25, 0.3) is 0 Å². The average Bonchev–Trinajstić information content (AvgIpc) is 3.43. The fourth-order valence-corrected chi connectivity index (χ4v) is 5.39. The van der Waals surface area contributed by atoms with Crippen LogP contribution in [0.1, 0.15) is 48.9 Å². The zero-order valence-electron chi connectivity index (χ0n) is 22.6. The Balaban J connectivity index is 1.40. The number of amides is 3. The van der Waals surface area contributed by atoms with Crippen molar-refractivity contribution in [3.05, 3.63) is 77.6 Å². The van der Waals surface area contributed by atoms with Crippen LogP contribution >= 0.6 is 0 Å². The van der Waals surface area contributed by atoms with Crippen LogP contribution in [0.2, 0.25) is 0 Å². The summed E-state index contributed by atoms with van der Waals surface area (Å²) in [4.78, 5) is 40.3. The summed E-state index contributed by atoms with van der Waals surface area (Å²) in [6.07, 6.45) is 7.10. The number of hydrogen-bond acceptors (Lipinski definition) is 6. The maximum absolute atomic E-state index is 13.8. The lowest BCUT2D eigenvalue weighted by atomic mass is 9.83. The summed E-state index contributed by atoms with van der Waals surface area (Å²) >= 11 is 0. The van der Waals surface area contributed by atoms with E-state index >= 15 is 0 Å². The molecule has 3 amide bonds. The van der Waals surface area contributed by atoms with Crippen molar-refractivity contribution in [1.29, 1.82) is 0 Å². The van der Waals surface area contributed by atoms with E-state index in [2.05, 4.69) is 26.3 Å². The number of fused-ring (bicyclic) bond motifs is 13. The molecule has 40 heavy (non-hydrogen) atoms. The van der Waals surface area contributed by atoms with Gasteiger partial charge < -0.3 is 20.7 Å². The summed E-state index contributed by atoms with van der Waals surface area (Å²) in [7, 11) is 0. The van der Waals surface area contributed by atoms with Crippen LogP contribution in [-0.2, 0) is 40.3 Å². The SMILES string of the molecule is O=C1Cc2ccc(cc2)OCCn2cc(nn2)CNC(=O)[C@@H](Cc2ccccc2)NC(=O)[C@H](C2CCCCC2)N1.